The van der Waals surface area contributed by atoms with Crippen LogP contribution in [0.15, 0.2) is 24.3 Å². The van der Waals surface area contributed by atoms with E-state index in [0.29, 0.717) is 6.42 Å². The highest BCUT2D eigenvalue weighted by Gasteiger charge is 2.44. The Morgan fingerprint density at radius 2 is 2.21 bits per heavy atom. The highest BCUT2D eigenvalue weighted by atomic mass is 32.2. The van der Waals surface area contributed by atoms with Crippen molar-refractivity contribution in [3.05, 3.63) is 29.3 Å². The van der Waals surface area contributed by atoms with Gasteiger partial charge in [0, 0.05) is 5.75 Å². The van der Waals surface area contributed by atoms with Crippen molar-refractivity contribution >= 4 is 39.3 Å². The van der Waals surface area contributed by atoms with Crippen LogP contribution < -0.4 is 0 Å². The van der Waals surface area contributed by atoms with Gasteiger partial charge in [-0.25, -0.2) is 4.98 Å². The lowest BCUT2D eigenvalue weighted by Gasteiger charge is -2.10. The van der Waals surface area contributed by atoms with Crippen LogP contribution in [0.4, 0.5) is 0 Å². The summed E-state index contributed by atoms with van der Waals surface area (Å²) in [6.07, 6.45) is 2.44. The van der Waals surface area contributed by atoms with Gasteiger partial charge in [-0.1, -0.05) is 12.1 Å². The quantitative estimate of drug-likeness (QED) is 0.880. The molecule has 3 rings (SSSR count). The Hall–Kier alpha value is -1.07. The maximum atomic E-state index is 10.8. The number of para-hydroxylation sites is 1. The third-order valence-electron chi connectivity index (χ3n) is 3.46. The first kappa shape index (κ1) is 12.9. The fourth-order valence-corrected chi connectivity index (χ4v) is 4.62. The minimum Gasteiger partial charge on any atom is -0.481 e. The van der Waals surface area contributed by atoms with E-state index in [1.807, 2.05) is 30.0 Å². The Bertz CT molecular complexity index is 571. The van der Waals surface area contributed by atoms with Crippen LogP contribution >= 0.6 is 23.1 Å². The van der Waals surface area contributed by atoms with E-state index in [1.54, 1.807) is 11.3 Å². The van der Waals surface area contributed by atoms with Crippen molar-refractivity contribution in [3.8, 4) is 0 Å². The molecule has 1 aromatic heterocycles. The number of thioether (sulfide) groups is 1. The second-order valence-corrected chi connectivity index (χ2v) is 7.24. The van der Waals surface area contributed by atoms with E-state index in [0.717, 1.165) is 34.9 Å². The van der Waals surface area contributed by atoms with Crippen LogP contribution in [0.1, 0.15) is 24.3 Å². The first-order valence-electron chi connectivity index (χ1n) is 6.31. The Balaban J connectivity index is 1.56. The summed E-state index contributed by atoms with van der Waals surface area (Å²) in [7, 11) is 0. The number of hydrogen-bond acceptors (Lipinski definition) is 4. The molecule has 1 heterocycles. The summed E-state index contributed by atoms with van der Waals surface area (Å²) in [5.41, 5.74) is 1.14. The molecule has 1 aliphatic carbocycles. The molecule has 1 saturated carbocycles. The van der Waals surface area contributed by atoms with Gasteiger partial charge in [0.15, 0.2) is 0 Å². The Labute approximate surface area is 120 Å². The minimum absolute atomic E-state index is 0.0766. The summed E-state index contributed by atoms with van der Waals surface area (Å²) in [6, 6.07) is 8.16. The highest BCUT2D eigenvalue weighted by Crippen LogP contribution is 2.51. The van der Waals surface area contributed by atoms with Gasteiger partial charge in [0.25, 0.3) is 0 Å². The van der Waals surface area contributed by atoms with E-state index in [9.17, 15) is 4.79 Å². The molecule has 0 saturated heterocycles. The predicted octanol–water partition coefficient (Wildman–Crippen LogP) is 3.78. The van der Waals surface area contributed by atoms with Gasteiger partial charge >= 0.3 is 5.97 Å². The molecule has 1 fully saturated rings. The van der Waals surface area contributed by atoms with Gasteiger partial charge in [-0.3, -0.25) is 4.79 Å². The van der Waals surface area contributed by atoms with Crippen LogP contribution in [0.3, 0.4) is 0 Å². The summed E-state index contributed by atoms with van der Waals surface area (Å²) >= 11 is 3.55. The van der Waals surface area contributed by atoms with Crippen molar-refractivity contribution < 1.29 is 9.90 Å². The van der Waals surface area contributed by atoms with E-state index in [1.165, 1.54) is 4.70 Å². The molecule has 1 aromatic carbocycles. The van der Waals surface area contributed by atoms with E-state index in [-0.39, 0.29) is 5.41 Å². The van der Waals surface area contributed by atoms with Gasteiger partial charge in [-0.15, -0.1) is 11.3 Å². The molecule has 1 aliphatic rings. The summed E-state index contributed by atoms with van der Waals surface area (Å²) in [4.78, 5) is 15.4. The first-order valence-corrected chi connectivity index (χ1v) is 8.28. The summed E-state index contributed by atoms with van der Waals surface area (Å²) in [5.74, 6) is 1.16. The zero-order chi connectivity index (χ0) is 13.3. The molecule has 3 nitrogen and oxygen atoms in total. The number of fused-ring (bicyclic) bond motifs is 1. The maximum Gasteiger partial charge on any atom is 0.303 e. The molecule has 0 radical (unpaired) electrons. The molecule has 0 atom stereocenters. The topological polar surface area (TPSA) is 50.2 Å². The molecule has 0 bridgehead atoms. The summed E-state index contributed by atoms with van der Waals surface area (Å²) in [6.45, 7) is 0. The number of hydrogen-bond donors (Lipinski definition) is 1. The fourth-order valence-electron chi connectivity index (χ4n) is 2.21. The van der Waals surface area contributed by atoms with Gasteiger partial charge in [-0.2, -0.15) is 11.8 Å². The van der Waals surface area contributed by atoms with Gasteiger partial charge in [0.1, 0.15) is 5.01 Å². The lowest BCUT2D eigenvalue weighted by Crippen LogP contribution is -2.11. The van der Waals surface area contributed by atoms with Crippen LogP contribution in [0, 0.1) is 5.41 Å². The molecule has 2 aromatic rings. The van der Waals surface area contributed by atoms with E-state index in [4.69, 9.17) is 5.11 Å². The number of aromatic nitrogens is 1. The molecular weight excluding hydrogens is 278 g/mol. The molecule has 19 heavy (non-hydrogen) atoms. The van der Waals surface area contributed by atoms with Crippen molar-refractivity contribution in [1.82, 2.24) is 4.98 Å². The third-order valence-corrected chi connectivity index (χ3v) is 5.97. The van der Waals surface area contributed by atoms with Gasteiger partial charge < -0.3 is 5.11 Å². The Morgan fingerprint density at radius 3 is 2.89 bits per heavy atom. The Morgan fingerprint density at radius 1 is 1.42 bits per heavy atom. The van der Waals surface area contributed by atoms with E-state index < -0.39 is 5.97 Å². The second-order valence-electron chi connectivity index (χ2n) is 5.14. The standard InChI is InChI=1S/C14H15NO2S2/c16-13(17)7-14(5-6-14)9-18-8-12-15-10-3-1-2-4-11(10)19-12/h1-4H,5-9H2,(H,16,17). The van der Waals surface area contributed by atoms with Crippen LogP contribution in [-0.2, 0) is 10.5 Å². The normalized spacial score (nSPS) is 16.6. The SMILES string of the molecule is O=C(O)CC1(CSCc2nc3ccccc3s2)CC1. The third kappa shape index (κ3) is 3.09. The molecular formula is C14H15NO2S2. The number of rotatable bonds is 6. The number of aliphatic carboxylic acids is 1. The number of nitrogens with zero attached hydrogens (tertiary/aromatic N) is 1. The summed E-state index contributed by atoms with van der Waals surface area (Å²) in [5, 5.41) is 10.0. The van der Waals surface area contributed by atoms with Crippen LogP contribution in [0.5, 0.6) is 0 Å². The maximum absolute atomic E-state index is 10.8. The number of benzene rings is 1. The zero-order valence-electron chi connectivity index (χ0n) is 10.5. The van der Waals surface area contributed by atoms with Gasteiger partial charge in [0.05, 0.1) is 16.6 Å². The smallest absolute Gasteiger partial charge is 0.303 e. The summed E-state index contributed by atoms with van der Waals surface area (Å²) < 4.78 is 1.23. The van der Waals surface area contributed by atoms with Crippen LogP contribution in [0.25, 0.3) is 10.2 Å². The van der Waals surface area contributed by atoms with Gasteiger partial charge in [-0.05, 0) is 36.1 Å². The minimum atomic E-state index is -0.668. The number of carboxylic acids is 1. The average Bonchev–Trinajstić information content (AvgIpc) is 2.99. The average molecular weight is 293 g/mol. The van der Waals surface area contributed by atoms with Crippen molar-refractivity contribution in [3.63, 3.8) is 0 Å². The predicted molar refractivity (Wildman–Crippen MR) is 79.7 cm³/mol. The molecule has 100 valence electrons. The van der Waals surface area contributed by atoms with Crippen LogP contribution in [0.2, 0.25) is 0 Å². The number of carboxylic acid groups (broad SMARTS) is 1. The molecule has 0 unspecified atom stereocenters. The molecule has 0 amide bonds. The fraction of sp³-hybridized carbons (Fsp3) is 0.429. The first-order chi connectivity index (χ1) is 9.17. The second kappa shape index (κ2) is 5.13. The lowest BCUT2D eigenvalue weighted by molar-refractivity contribution is -0.138. The van der Waals surface area contributed by atoms with Crippen molar-refractivity contribution in [2.24, 2.45) is 5.41 Å². The molecule has 5 heteroatoms. The molecule has 0 spiro atoms. The van der Waals surface area contributed by atoms with E-state index in [2.05, 4.69) is 11.1 Å². The van der Waals surface area contributed by atoms with Crippen molar-refractivity contribution in [2.75, 3.05) is 5.75 Å². The largest absolute Gasteiger partial charge is 0.481 e. The molecule has 0 aliphatic heterocycles. The Kier molecular flexibility index (Phi) is 3.50. The van der Waals surface area contributed by atoms with Crippen molar-refractivity contribution in [2.45, 2.75) is 25.0 Å². The zero-order valence-corrected chi connectivity index (χ0v) is 12.1. The van der Waals surface area contributed by atoms with Crippen molar-refractivity contribution in [1.29, 1.82) is 0 Å². The number of carbonyl (C=O) groups is 1. The number of thiazole rings is 1. The highest BCUT2D eigenvalue weighted by molar-refractivity contribution is 7.98. The monoisotopic (exact) mass is 293 g/mol. The lowest BCUT2D eigenvalue weighted by atomic mass is 10.1. The van der Waals surface area contributed by atoms with Crippen LogP contribution in [-0.4, -0.2) is 21.8 Å². The molecule has 1 N–H and O–H groups in total. The van der Waals surface area contributed by atoms with Gasteiger partial charge in [0.2, 0.25) is 0 Å². The van der Waals surface area contributed by atoms with E-state index >= 15 is 0 Å².